The first-order valence-electron chi connectivity index (χ1n) is 26.7. The highest BCUT2D eigenvalue weighted by Gasteiger charge is 2.63. The van der Waals surface area contributed by atoms with Crippen molar-refractivity contribution in [1.82, 2.24) is 0 Å². The highest BCUT2D eigenvalue weighted by atomic mass is 28.3. The number of hydrogen-bond donors (Lipinski definition) is 0. The number of nitrogens with zero attached hydrogens (tertiary/aromatic N) is 3. The van der Waals surface area contributed by atoms with E-state index in [1.165, 1.54) is 135 Å². The summed E-state index contributed by atoms with van der Waals surface area (Å²) in [7, 11) is -1.59. The van der Waals surface area contributed by atoms with E-state index in [4.69, 9.17) is 0 Å². The third-order valence-electron chi connectivity index (χ3n) is 19.4. The molecule has 7 aromatic rings. The average Bonchev–Trinajstić information content (AvgIpc) is 3.70. The molecule has 0 amide bonds. The molecule has 2 fully saturated rings. The number of rotatable bonds is 5. The molecule has 7 aromatic carbocycles. The lowest BCUT2D eigenvalue weighted by molar-refractivity contribution is 0.194. The molecule has 2 aliphatic carbocycles. The van der Waals surface area contributed by atoms with Gasteiger partial charge in [0.2, 0.25) is 0 Å². The molecule has 4 heterocycles. The highest BCUT2D eigenvalue weighted by Crippen LogP contribution is 2.65. The van der Waals surface area contributed by atoms with E-state index < -0.39 is 8.07 Å². The molecule has 0 bridgehead atoms. The Kier molecular flexibility index (Phi) is 9.40. The van der Waals surface area contributed by atoms with Gasteiger partial charge in [0.15, 0.2) is 0 Å². The molecule has 70 heavy (non-hydrogen) atoms. The van der Waals surface area contributed by atoms with E-state index in [2.05, 4.69) is 228 Å². The van der Waals surface area contributed by atoms with Gasteiger partial charge in [-0.2, -0.15) is 0 Å². The summed E-state index contributed by atoms with van der Waals surface area (Å²) < 4.78 is 0. The number of hydrogen-bond acceptors (Lipinski definition) is 3. The van der Waals surface area contributed by atoms with E-state index >= 15 is 0 Å². The minimum atomic E-state index is -1.59. The minimum Gasteiger partial charge on any atom is -0.335 e. The zero-order chi connectivity index (χ0) is 48.3. The van der Waals surface area contributed by atoms with Gasteiger partial charge in [-0.1, -0.05) is 194 Å². The van der Waals surface area contributed by atoms with Gasteiger partial charge >= 0.3 is 0 Å². The molecule has 2 saturated carbocycles. The molecule has 0 N–H and O–H groups in total. The summed E-state index contributed by atoms with van der Waals surface area (Å²) >= 11 is 0. The molecular weight excluding hydrogens is 862 g/mol. The third kappa shape index (κ3) is 5.94. The maximum atomic E-state index is 2.96. The highest BCUT2D eigenvalue weighted by molar-refractivity contribution is 7.00. The van der Waals surface area contributed by atoms with Gasteiger partial charge in [0.25, 0.3) is 6.71 Å². The molecular formula is C65H70BN3Si. The Morgan fingerprint density at radius 1 is 0.471 bits per heavy atom. The Balaban J connectivity index is 1.16. The Labute approximate surface area is 420 Å². The second-order valence-electron chi connectivity index (χ2n) is 25.2. The summed E-state index contributed by atoms with van der Waals surface area (Å²) in [6.07, 6.45) is 9.82. The van der Waals surface area contributed by atoms with Crippen LogP contribution in [0.2, 0.25) is 19.6 Å². The summed E-state index contributed by atoms with van der Waals surface area (Å²) in [6.45, 7) is 25.4. The van der Waals surface area contributed by atoms with Crippen LogP contribution in [0.15, 0.2) is 146 Å². The summed E-state index contributed by atoms with van der Waals surface area (Å²) in [4.78, 5) is 8.53. The molecule has 4 atom stereocenters. The number of fused-ring (bicyclic) bond motifs is 10. The molecule has 4 unspecified atom stereocenters. The third-order valence-corrected chi connectivity index (χ3v) is 21.5. The fourth-order valence-electron chi connectivity index (χ4n) is 15.0. The van der Waals surface area contributed by atoms with Gasteiger partial charge in [-0.25, -0.2) is 0 Å². The summed E-state index contributed by atoms with van der Waals surface area (Å²) in [5, 5.41) is 1.57. The van der Waals surface area contributed by atoms with Crippen molar-refractivity contribution in [3.05, 3.63) is 162 Å². The van der Waals surface area contributed by atoms with Crippen LogP contribution < -0.4 is 36.3 Å². The van der Waals surface area contributed by atoms with Crippen LogP contribution in [0.4, 0.5) is 39.8 Å². The maximum Gasteiger partial charge on any atom is 0.252 e. The molecule has 0 spiro atoms. The van der Waals surface area contributed by atoms with Gasteiger partial charge < -0.3 is 14.7 Å². The van der Waals surface area contributed by atoms with Gasteiger partial charge in [-0.05, 0) is 137 Å². The average molecular weight is 932 g/mol. The molecule has 352 valence electrons. The summed E-state index contributed by atoms with van der Waals surface area (Å²) in [5.74, 6) is 0. The van der Waals surface area contributed by atoms with Crippen LogP contribution in [0.3, 0.4) is 0 Å². The van der Waals surface area contributed by atoms with Gasteiger partial charge in [0.1, 0.15) is 0 Å². The lowest BCUT2D eigenvalue weighted by Crippen LogP contribution is -2.64. The second kappa shape index (κ2) is 14.9. The van der Waals surface area contributed by atoms with E-state index in [1.54, 1.807) is 16.3 Å². The fraction of sp³-hybridized carbons (Fsp3) is 0.354. The zero-order valence-corrected chi connectivity index (χ0v) is 44.4. The van der Waals surface area contributed by atoms with Crippen molar-refractivity contribution in [1.29, 1.82) is 0 Å². The quantitative estimate of drug-likeness (QED) is 0.159. The largest absolute Gasteiger partial charge is 0.335 e. The van der Waals surface area contributed by atoms with Crippen LogP contribution in [0.1, 0.15) is 117 Å². The Hall–Kier alpha value is -5.78. The first-order chi connectivity index (χ1) is 33.4. The van der Waals surface area contributed by atoms with Gasteiger partial charge in [0.05, 0.1) is 19.2 Å². The first-order valence-corrected chi connectivity index (χ1v) is 30.2. The predicted octanol–water partition coefficient (Wildman–Crippen LogP) is 15.0. The van der Waals surface area contributed by atoms with E-state index in [0.717, 1.165) is 0 Å². The molecule has 0 saturated heterocycles. The van der Waals surface area contributed by atoms with Crippen molar-refractivity contribution >= 4 is 76.2 Å². The van der Waals surface area contributed by atoms with Crippen molar-refractivity contribution in [3.8, 4) is 22.3 Å². The molecule has 0 aromatic heterocycles. The van der Waals surface area contributed by atoms with Gasteiger partial charge in [-0.3, -0.25) is 0 Å². The van der Waals surface area contributed by atoms with E-state index in [9.17, 15) is 0 Å². The van der Waals surface area contributed by atoms with Gasteiger partial charge in [-0.15, -0.1) is 0 Å². The monoisotopic (exact) mass is 932 g/mol. The van der Waals surface area contributed by atoms with Crippen molar-refractivity contribution in [2.45, 2.75) is 147 Å². The number of benzene rings is 7. The molecule has 4 aliphatic heterocycles. The van der Waals surface area contributed by atoms with Crippen molar-refractivity contribution in [2.75, 3.05) is 14.7 Å². The fourth-order valence-corrected chi connectivity index (χ4v) is 16.2. The lowest BCUT2D eigenvalue weighted by Gasteiger charge is -2.53. The molecule has 13 rings (SSSR count). The van der Waals surface area contributed by atoms with E-state index in [1.807, 2.05) is 0 Å². The Bertz CT molecular complexity index is 3290. The standard InChI is InChI=1S/C65H70BN3Si/c1-61(2,3)47-38-52-60-54(39-47)66-53-30-28-46(44-24-15-12-16-25-44)37-56(53)67(48-27-21-26-45(36-48)43-22-13-11-14-23-43)57-40-49(41-58(59(57)66)69(60)65(7)35-20-18-33-63(52,65)5)68-55-31-29-50(70(8,9)10)42-51(55)62(4)32-17-19-34-64(62,68)6/h11-16,21-31,36-42H,17-20,32-35H2,1-10H3. The van der Waals surface area contributed by atoms with Crippen LogP contribution in [-0.2, 0) is 16.2 Å². The van der Waals surface area contributed by atoms with Crippen molar-refractivity contribution in [3.63, 3.8) is 0 Å². The normalized spacial score (nSPS) is 24.9. The Morgan fingerprint density at radius 2 is 1.07 bits per heavy atom. The first kappa shape index (κ1) is 44.2. The van der Waals surface area contributed by atoms with Crippen LogP contribution in [0.25, 0.3) is 22.3 Å². The SMILES string of the molecule is CC(C)(C)c1cc2c3c(c1)C1(C)CCCCC1(C)N3c1cc(N3c4ccc([Si](C)(C)C)cc4C4(C)CCCCC34C)cc3c1B2c1ccc(-c2ccccc2)cc1N3c1cccc(-c2ccccc2)c1. The lowest BCUT2D eigenvalue weighted by atomic mass is 9.33. The second-order valence-corrected chi connectivity index (χ2v) is 30.3. The van der Waals surface area contributed by atoms with Crippen LogP contribution in [-0.4, -0.2) is 25.9 Å². The predicted molar refractivity (Wildman–Crippen MR) is 304 cm³/mol. The topological polar surface area (TPSA) is 9.72 Å². The Morgan fingerprint density at radius 3 is 1.73 bits per heavy atom. The maximum absolute atomic E-state index is 2.96. The summed E-state index contributed by atoms with van der Waals surface area (Å²) in [5.41, 5.74) is 23.2. The van der Waals surface area contributed by atoms with E-state index in [-0.39, 0.29) is 34.0 Å². The van der Waals surface area contributed by atoms with Crippen molar-refractivity contribution in [2.24, 2.45) is 0 Å². The van der Waals surface area contributed by atoms with Crippen molar-refractivity contribution < 1.29 is 0 Å². The van der Waals surface area contributed by atoms with Crippen LogP contribution in [0.5, 0.6) is 0 Å². The minimum absolute atomic E-state index is 0.00190. The van der Waals surface area contributed by atoms with Gasteiger partial charge in [0, 0.05) is 50.6 Å². The molecule has 0 radical (unpaired) electrons. The number of anilines is 7. The van der Waals surface area contributed by atoms with Crippen LogP contribution in [0, 0.1) is 0 Å². The molecule has 3 nitrogen and oxygen atoms in total. The summed E-state index contributed by atoms with van der Waals surface area (Å²) in [6, 6.07) is 57.3. The molecule has 6 aliphatic rings. The smallest absolute Gasteiger partial charge is 0.252 e. The zero-order valence-electron chi connectivity index (χ0n) is 43.4. The molecule has 5 heteroatoms. The van der Waals surface area contributed by atoms with E-state index in [0.29, 0.717) is 0 Å². The van der Waals surface area contributed by atoms with Crippen LogP contribution >= 0.6 is 0 Å².